The summed E-state index contributed by atoms with van der Waals surface area (Å²) in [5.41, 5.74) is -0.408. The van der Waals surface area contributed by atoms with Crippen LogP contribution < -0.4 is 0 Å². The molecular formula is C10H13NO4. The minimum absolute atomic E-state index is 0.365. The number of nitriles is 1. The molecule has 0 saturated carbocycles. The van der Waals surface area contributed by atoms with Crippen LogP contribution in [0.4, 0.5) is 0 Å². The maximum atomic E-state index is 11.2. The maximum absolute atomic E-state index is 11.2. The van der Waals surface area contributed by atoms with Gasteiger partial charge in [-0.15, -0.1) is 0 Å². The fraction of sp³-hybridized carbons (Fsp3) is 0.500. The second-order valence-electron chi connectivity index (χ2n) is 3.20. The number of rotatable bonds is 4. The lowest BCUT2D eigenvalue weighted by atomic mass is 10.2. The average molecular weight is 211 g/mol. The lowest BCUT2D eigenvalue weighted by Gasteiger charge is -2.06. The molecule has 15 heavy (non-hydrogen) atoms. The second-order valence-corrected chi connectivity index (χ2v) is 3.20. The lowest BCUT2D eigenvalue weighted by molar-refractivity contribution is -0.142. The summed E-state index contributed by atoms with van der Waals surface area (Å²) in [6, 6.07) is 1.55. The first-order valence-corrected chi connectivity index (χ1v) is 4.43. The molecule has 1 N–H and O–H groups in total. The van der Waals surface area contributed by atoms with Crippen molar-refractivity contribution in [1.29, 1.82) is 5.26 Å². The zero-order chi connectivity index (χ0) is 12.0. The van der Waals surface area contributed by atoms with Crippen molar-refractivity contribution in [3.63, 3.8) is 0 Å². The van der Waals surface area contributed by atoms with E-state index in [9.17, 15) is 9.59 Å². The topological polar surface area (TPSA) is 87.4 Å². The number of hydrogen-bond acceptors (Lipinski definition) is 5. The molecule has 0 aliphatic rings. The minimum Gasteiger partial charge on any atom is -0.459 e. The molecule has 0 aromatic carbocycles. The third kappa shape index (κ3) is 4.93. The van der Waals surface area contributed by atoms with E-state index in [4.69, 9.17) is 15.1 Å². The van der Waals surface area contributed by atoms with Crippen molar-refractivity contribution in [2.75, 3.05) is 0 Å². The number of nitrogens with zero attached hydrogens (tertiary/aromatic N) is 1. The Bertz CT molecular complexity index is 323. The predicted molar refractivity (Wildman–Crippen MR) is 51.6 cm³/mol. The Balaban J connectivity index is 4.71. The van der Waals surface area contributed by atoms with Gasteiger partial charge in [-0.05, 0) is 20.8 Å². The van der Waals surface area contributed by atoms with Gasteiger partial charge < -0.3 is 9.84 Å². The largest absolute Gasteiger partial charge is 0.459 e. The van der Waals surface area contributed by atoms with Crippen LogP contribution in [0.5, 0.6) is 0 Å². The van der Waals surface area contributed by atoms with Gasteiger partial charge in [-0.25, -0.2) is 4.79 Å². The fourth-order valence-corrected chi connectivity index (χ4v) is 0.677. The molecule has 1 atom stereocenters. The summed E-state index contributed by atoms with van der Waals surface area (Å²) in [7, 11) is 0. The minimum atomic E-state index is -1.24. The van der Waals surface area contributed by atoms with Crippen LogP contribution in [0.15, 0.2) is 11.6 Å². The van der Waals surface area contributed by atoms with Crippen molar-refractivity contribution in [3.05, 3.63) is 11.6 Å². The summed E-state index contributed by atoms with van der Waals surface area (Å²) in [6.07, 6.45) is -0.814. The molecule has 82 valence electrons. The zero-order valence-electron chi connectivity index (χ0n) is 8.85. The number of esters is 1. The summed E-state index contributed by atoms with van der Waals surface area (Å²) in [5.74, 6) is -1.56. The van der Waals surface area contributed by atoms with Gasteiger partial charge in [0.2, 0.25) is 0 Å². The van der Waals surface area contributed by atoms with Crippen molar-refractivity contribution in [2.45, 2.75) is 33.0 Å². The number of ether oxygens (including phenoxy) is 1. The smallest absolute Gasteiger partial charge is 0.349 e. The van der Waals surface area contributed by atoms with Crippen LogP contribution in [0.3, 0.4) is 0 Å². The first-order valence-electron chi connectivity index (χ1n) is 4.43. The molecule has 0 saturated heterocycles. The van der Waals surface area contributed by atoms with Gasteiger partial charge in [-0.3, -0.25) is 4.79 Å². The number of carbonyl (C=O) groups excluding carboxylic acids is 2. The van der Waals surface area contributed by atoms with Crippen molar-refractivity contribution in [1.82, 2.24) is 0 Å². The van der Waals surface area contributed by atoms with E-state index in [0.29, 0.717) is 0 Å². The van der Waals surface area contributed by atoms with E-state index >= 15 is 0 Å². The van der Waals surface area contributed by atoms with E-state index in [1.54, 1.807) is 19.9 Å². The van der Waals surface area contributed by atoms with E-state index in [-0.39, 0.29) is 6.10 Å². The standard InChI is InChI=1S/C10H13NO4/c1-6(2)15-10(14)8(5-11)4-9(13)7(3)12/h4,6-7,12H,1-3H3/b8-4+. The van der Waals surface area contributed by atoms with Gasteiger partial charge in [0.1, 0.15) is 17.7 Å². The summed E-state index contributed by atoms with van der Waals surface area (Å²) >= 11 is 0. The fourth-order valence-electron chi connectivity index (χ4n) is 0.677. The molecule has 0 aromatic heterocycles. The Morgan fingerprint density at radius 3 is 2.27 bits per heavy atom. The third-order valence-electron chi connectivity index (χ3n) is 1.38. The molecule has 1 unspecified atom stereocenters. The van der Waals surface area contributed by atoms with Gasteiger partial charge in [0.15, 0.2) is 5.78 Å². The zero-order valence-corrected chi connectivity index (χ0v) is 8.85. The molecule has 0 amide bonds. The molecule has 5 nitrogen and oxygen atoms in total. The van der Waals surface area contributed by atoms with Crippen LogP contribution in [0.2, 0.25) is 0 Å². The quantitative estimate of drug-likeness (QED) is 0.411. The highest BCUT2D eigenvalue weighted by molar-refractivity contribution is 6.03. The molecule has 0 spiro atoms. The molecule has 0 heterocycles. The van der Waals surface area contributed by atoms with Crippen LogP contribution >= 0.6 is 0 Å². The van der Waals surface area contributed by atoms with Crippen molar-refractivity contribution in [3.8, 4) is 6.07 Å². The van der Waals surface area contributed by atoms with Crippen LogP contribution in [0.25, 0.3) is 0 Å². The van der Waals surface area contributed by atoms with E-state index in [1.807, 2.05) is 0 Å². The maximum Gasteiger partial charge on any atom is 0.349 e. The number of hydrogen-bond donors (Lipinski definition) is 1. The van der Waals surface area contributed by atoms with E-state index < -0.39 is 23.4 Å². The van der Waals surface area contributed by atoms with Crippen molar-refractivity contribution < 1.29 is 19.4 Å². The summed E-state index contributed by atoms with van der Waals surface area (Å²) in [4.78, 5) is 22.2. The highest BCUT2D eigenvalue weighted by atomic mass is 16.5. The normalized spacial score (nSPS) is 13.2. The summed E-state index contributed by atoms with van der Waals surface area (Å²) in [5, 5.41) is 17.5. The third-order valence-corrected chi connectivity index (χ3v) is 1.38. The first kappa shape index (κ1) is 13.3. The Kier molecular flexibility index (Phi) is 5.27. The molecule has 0 aromatic rings. The second kappa shape index (κ2) is 5.94. The average Bonchev–Trinajstić information content (AvgIpc) is 2.11. The van der Waals surface area contributed by atoms with Gasteiger partial charge in [-0.2, -0.15) is 5.26 Å². The van der Waals surface area contributed by atoms with Gasteiger partial charge >= 0.3 is 5.97 Å². The number of aliphatic hydroxyl groups is 1. The van der Waals surface area contributed by atoms with Gasteiger partial charge in [0, 0.05) is 6.08 Å². The van der Waals surface area contributed by atoms with E-state index in [1.165, 1.54) is 6.92 Å². The Hall–Kier alpha value is -1.67. The Morgan fingerprint density at radius 2 is 1.93 bits per heavy atom. The molecular weight excluding hydrogens is 198 g/mol. The van der Waals surface area contributed by atoms with Gasteiger partial charge in [0.05, 0.1) is 6.10 Å². The highest BCUT2D eigenvalue weighted by Crippen LogP contribution is 2.01. The molecule has 0 fully saturated rings. The molecule has 0 bridgehead atoms. The molecule has 0 aliphatic heterocycles. The number of ketones is 1. The van der Waals surface area contributed by atoms with Crippen LogP contribution in [-0.4, -0.2) is 29.1 Å². The first-order chi connectivity index (χ1) is 6.88. The van der Waals surface area contributed by atoms with Crippen LogP contribution in [0.1, 0.15) is 20.8 Å². The predicted octanol–water partition coefficient (Wildman–Crippen LogP) is 0.338. The van der Waals surface area contributed by atoms with Gasteiger partial charge in [-0.1, -0.05) is 0 Å². The molecule has 0 aliphatic carbocycles. The Labute approximate surface area is 88.0 Å². The van der Waals surface area contributed by atoms with Crippen molar-refractivity contribution in [2.24, 2.45) is 0 Å². The number of aliphatic hydroxyl groups excluding tert-OH is 1. The monoisotopic (exact) mass is 211 g/mol. The van der Waals surface area contributed by atoms with Crippen LogP contribution in [-0.2, 0) is 14.3 Å². The molecule has 0 rings (SSSR count). The van der Waals surface area contributed by atoms with Gasteiger partial charge in [0.25, 0.3) is 0 Å². The summed E-state index contributed by atoms with van der Waals surface area (Å²) in [6.45, 7) is 4.51. The lowest BCUT2D eigenvalue weighted by Crippen LogP contribution is -2.17. The Morgan fingerprint density at radius 1 is 1.40 bits per heavy atom. The van der Waals surface area contributed by atoms with E-state index in [0.717, 1.165) is 6.08 Å². The molecule has 0 radical (unpaired) electrons. The van der Waals surface area contributed by atoms with Crippen molar-refractivity contribution >= 4 is 11.8 Å². The number of carbonyl (C=O) groups is 2. The van der Waals surface area contributed by atoms with E-state index in [2.05, 4.69) is 0 Å². The highest BCUT2D eigenvalue weighted by Gasteiger charge is 2.15. The van der Waals surface area contributed by atoms with Crippen LogP contribution in [0, 0.1) is 11.3 Å². The molecule has 5 heteroatoms. The SMILES string of the molecule is CC(C)OC(=O)/C(C#N)=C/C(=O)C(C)O. The summed E-state index contributed by atoms with van der Waals surface area (Å²) < 4.78 is 4.72.